The van der Waals surface area contributed by atoms with Gasteiger partial charge in [-0.05, 0) is 44.2 Å². The summed E-state index contributed by atoms with van der Waals surface area (Å²) in [5, 5.41) is 0. The Kier molecular flexibility index (Phi) is 6.03. The molecule has 1 heterocycles. The first-order chi connectivity index (χ1) is 12.8. The van der Waals surface area contributed by atoms with E-state index in [1.165, 1.54) is 5.56 Å². The summed E-state index contributed by atoms with van der Waals surface area (Å²) < 4.78 is 5.23. The number of esters is 1. The third kappa shape index (κ3) is 4.43. The lowest BCUT2D eigenvalue weighted by Crippen LogP contribution is -2.28. The second-order valence-electron chi connectivity index (χ2n) is 9.61. The Labute approximate surface area is 169 Å². The van der Waals surface area contributed by atoms with E-state index in [-0.39, 0.29) is 16.7 Å². The first-order valence-electron chi connectivity index (χ1n) is 9.95. The maximum atomic E-state index is 12.5. The number of benzene rings is 1. The molecule has 0 amide bonds. The van der Waals surface area contributed by atoms with Crippen LogP contribution >= 0.6 is 0 Å². The summed E-state index contributed by atoms with van der Waals surface area (Å²) >= 11 is 0. The smallest absolute Gasteiger partial charge is 0.376 e. The number of rotatable bonds is 3. The van der Waals surface area contributed by atoms with Crippen LogP contribution in [-0.4, -0.2) is 22.5 Å². The molecule has 0 spiro atoms. The van der Waals surface area contributed by atoms with Gasteiger partial charge in [-0.25, -0.2) is 14.8 Å². The molecule has 0 N–H and O–H groups in total. The van der Waals surface area contributed by atoms with E-state index >= 15 is 0 Å². The van der Waals surface area contributed by atoms with E-state index < -0.39 is 5.97 Å². The standard InChI is InChI=1S/C24H34N2O2/c1-11-28-22(27)21-25-19(17-15(3)12-14(2)13-16(17)4)18(23(5,6)7)20(26-21)24(8,9)10/h12-13H,11H2,1-10H3. The molecular formula is C24H34N2O2. The van der Waals surface area contributed by atoms with Gasteiger partial charge in [-0.2, -0.15) is 0 Å². The third-order valence-electron chi connectivity index (χ3n) is 4.74. The van der Waals surface area contributed by atoms with E-state index in [1.807, 2.05) is 0 Å². The average Bonchev–Trinajstić information content (AvgIpc) is 2.51. The van der Waals surface area contributed by atoms with Gasteiger partial charge in [0.05, 0.1) is 18.0 Å². The van der Waals surface area contributed by atoms with Crippen molar-refractivity contribution < 1.29 is 9.53 Å². The second kappa shape index (κ2) is 7.65. The van der Waals surface area contributed by atoms with E-state index in [1.54, 1.807) is 6.92 Å². The number of hydrogen-bond donors (Lipinski definition) is 0. The molecular weight excluding hydrogens is 348 g/mol. The van der Waals surface area contributed by atoms with E-state index in [9.17, 15) is 4.79 Å². The van der Waals surface area contributed by atoms with Crippen LogP contribution in [0.15, 0.2) is 12.1 Å². The van der Waals surface area contributed by atoms with E-state index in [0.717, 1.165) is 33.6 Å². The first-order valence-corrected chi connectivity index (χ1v) is 9.95. The molecule has 0 atom stereocenters. The Balaban J connectivity index is 3.01. The van der Waals surface area contributed by atoms with Crippen molar-refractivity contribution in [1.29, 1.82) is 0 Å². The molecule has 4 heteroatoms. The quantitative estimate of drug-likeness (QED) is 0.626. The summed E-state index contributed by atoms with van der Waals surface area (Å²) in [6, 6.07) is 4.33. The predicted molar refractivity (Wildman–Crippen MR) is 115 cm³/mol. The van der Waals surface area contributed by atoms with Gasteiger partial charge in [0.2, 0.25) is 5.82 Å². The monoisotopic (exact) mass is 382 g/mol. The molecule has 1 aromatic heterocycles. The number of carbonyl (C=O) groups is 1. The fraction of sp³-hybridized carbons (Fsp3) is 0.542. The van der Waals surface area contributed by atoms with Gasteiger partial charge in [0, 0.05) is 16.5 Å². The Morgan fingerprint density at radius 2 is 1.46 bits per heavy atom. The molecule has 152 valence electrons. The van der Waals surface area contributed by atoms with Crippen molar-refractivity contribution in [3.63, 3.8) is 0 Å². The molecule has 2 rings (SSSR count). The van der Waals surface area contributed by atoms with Crippen LogP contribution < -0.4 is 0 Å². The van der Waals surface area contributed by atoms with Gasteiger partial charge in [-0.1, -0.05) is 59.2 Å². The highest BCUT2D eigenvalue weighted by molar-refractivity contribution is 5.87. The van der Waals surface area contributed by atoms with Crippen molar-refractivity contribution in [3.8, 4) is 11.3 Å². The largest absolute Gasteiger partial charge is 0.460 e. The minimum absolute atomic E-state index is 0.133. The Bertz CT molecular complexity index is 877. The van der Waals surface area contributed by atoms with Gasteiger partial charge in [-0.3, -0.25) is 0 Å². The molecule has 28 heavy (non-hydrogen) atoms. The van der Waals surface area contributed by atoms with Crippen LogP contribution in [0.25, 0.3) is 11.3 Å². The molecule has 0 radical (unpaired) electrons. The summed E-state index contributed by atoms with van der Waals surface area (Å²) in [5.41, 5.74) is 6.98. The topological polar surface area (TPSA) is 52.1 Å². The van der Waals surface area contributed by atoms with Crippen molar-refractivity contribution in [2.75, 3.05) is 6.61 Å². The number of hydrogen-bond acceptors (Lipinski definition) is 4. The van der Waals surface area contributed by atoms with Gasteiger partial charge >= 0.3 is 5.97 Å². The van der Waals surface area contributed by atoms with Crippen LogP contribution in [0.2, 0.25) is 0 Å². The van der Waals surface area contributed by atoms with Gasteiger partial charge in [0.15, 0.2) is 0 Å². The van der Waals surface area contributed by atoms with E-state index in [2.05, 4.69) is 74.4 Å². The Morgan fingerprint density at radius 1 is 0.929 bits per heavy atom. The molecule has 1 aromatic carbocycles. The number of ether oxygens (including phenoxy) is 1. The summed E-state index contributed by atoms with van der Waals surface area (Å²) in [6.07, 6.45) is 0. The number of carbonyl (C=O) groups excluding carboxylic acids is 1. The number of aryl methyl sites for hydroxylation is 3. The van der Waals surface area contributed by atoms with Gasteiger partial charge in [0.1, 0.15) is 0 Å². The maximum absolute atomic E-state index is 12.5. The predicted octanol–water partition coefficient (Wildman–Crippen LogP) is 5.84. The third-order valence-corrected chi connectivity index (χ3v) is 4.74. The Hall–Kier alpha value is -2.23. The van der Waals surface area contributed by atoms with Gasteiger partial charge in [-0.15, -0.1) is 0 Å². The van der Waals surface area contributed by atoms with Crippen LogP contribution in [0, 0.1) is 20.8 Å². The summed E-state index contributed by atoms with van der Waals surface area (Å²) in [5.74, 6) is -0.341. The molecule has 0 saturated carbocycles. The summed E-state index contributed by atoms with van der Waals surface area (Å²) in [7, 11) is 0. The number of nitrogens with zero attached hydrogens (tertiary/aromatic N) is 2. The van der Waals surface area contributed by atoms with Crippen molar-refractivity contribution in [2.24, 2.45) is 0 Å². The van der Waals surface area contributed by atoms with E-state index in [4.69, 9.17) is 14.7 Å². The minimum Gasteiger partial charge on any atom is -0.460 e. The fourth-order valence-corrected chi connectivity index (χ4v) is 3.74. The normalized spacial score (nSPS) is 12.2. The maximum Gasteiger partial charge on any atom is 0.376 e. The summed E-state index contributed by atoms with van der Waals surface area (Å²) in [6.45, 7) is 21.3. The van der Waals surface area contributed by atoms with Crippen LogP contribution in [0.4, 0.5) is 0 Å². The zero-order valence-electron chi connectivity index (χ0n) is 19.1. The van der Waals surface area contributed by atoms with Gasteiger partial charge < -0.3 is 4.74 Å². The zero-order valence-corrected chi connectivity index (χ0v) is 19.1. The SMILES string of the molecule is CCOC(=O)c1nc(-c2c(C)cc(C)cc2C)c(C(C)(C)C)c(C(C)(C)C)n1. The molecule has 0 fully saturated rings. The fourth-order valence-electron chi connectivity index (χ4n) is 3.74. The number of aromatic nitrogens is 2. The lowest BCUT2D eigenvalue weighted by atomic mass is 9.75. The molecule has 4 nitrogen and oxygen atoms in total. The van der Waals surface area contributed by atoms with Crippen LogP contribution in [-0.2, 0) is 15.6 Å². The van der Waals surface area contributed by atoms with Crippen molar-refractivity contribution in [1.82, 2.24) is 9.97 Å². The average molecular weight is 383 g/mol. The molecule has 0 aliphatic carbocycles. The molecule has 0 aliphatic heterocycles. The first kappa shape index (κ1) is 22.1. The molecule has 0 aliphatic rings. The highest BCUT2D eigenvalue weighted by Crippen LogP contribution is 2.40. The highest BCUT2D eigenvalue weighted by atomic mass is 16.5. The van der Waals surface area contributed by atoms with Crippen molar-refractivity contribution >= 4 is 5.97 Å². The molecule has 0 saturated heterocycles. The van der Waals surface area contributed by atoms with Crippen LogP contribution in [0.5, 0.6) is 0 Å². The Morgan fingerprint density at radius 3 is 1.89 bits per heavy atom. The minimum atomic E-state index is -0.475. The van der Waals surface area contributed by atoms with Crippen molar-refractivity contribution in [3.05, 3.63) is 45.9 Å². The molecule has 0 bridgehead atoms. The van der Waals surface area contributed by atoms with Crippen LogP contribution in [0.1, 0.15) is 87.0 Å². The molecule has 2 aromatic rings. The zero-order chi connectivity index (χ0) is 21.4. The second-order valence-corrected chi connectivity index (χ2v) is 9.61. The van der Waals surface area contributed by atoms with Crippen molar-refractivity contribution in [2.45, 2.75) is 80.1 Å². The molecule has 0 unspecified atom stereocenters. The highest BCUT2D eigenvalue weighted by Gasteiger charge is 2.33. The lowest BCUT2D eigenvalue weighted by molar-refractivity contribution is 0.0511. The summed E-state index contributed by atoms with van der Waals surface area (Å²) in [4.78, 5) is 22.0. The lowest BCUT2D eigenvalue weighted by Gasteiger charge is -2.31. The van der Waals surface area contributed by atoms with Gasteiger partial charge in [0.25, 0.3) is 0 Å². The van der Waals surface area contributed by atoms with E-state index in [0.29, 0.717) is 6.61 Å². The van der Waals surface area contributed by atoms with Crippen LogP contribution in [0.3, 0.4) is 0 Å².